The molecule has 5 rings (SSSR count). The summed E-state index contributed by atoms with van der Waals surface area (Å²) in [6.07, 6.45) is 3.60. The topological polar surface area (TPSA) is 91.9 Å². The molecule has 2 aliphatic rings. The molecule has 0 bridgehead atoms. The minimum Gasteiger partial charge on any atom is -0.460 e. The number of likely N-dealkylation sites (tertiary alicyclic amines) is 1. The number of piperazine rings is 1. The molecule has 0 saturated carbocycles. The fourth-order valence-corrected chi connectivity index (χ4v) is 4.46. The summed E-state index contributed by atoms with van der Waals surface area (Å²) in [5, 5.41) is 4.65. The third-order valence-corrected chi connectivity index (χ3v) is 6.37. The van der Waals surface area contributed by atoms with Gasteiger partial charge in [0.25, 0.3) is 5.91 Å². The van der Waals surface area contributed by atoms with E-state index >= 15 is 0 Å². The van der Waals surface area contributed by atoms with Crippen molar-refractivity contribution in [2.24, 2.45) is 0 Å². The van der Waals surface area contributed by atoms with Crippen molar-refractivity contribution in [3.05, 3.63) is 60.0 Å². The van der Waals surface area contributed by atoms with E-state index in [0.29, 0.717) is 56.3 Å². The normalized spacial score (nSPS) is 16.2. The van der Waals surface area contributed by atoms with Crippen LogP contribution in [0.25, 0.3) is 17.1 Å². The fourth-order valence-electron chi connectivity index (χ4n) is 4.46. The van der Waals surface area contributed by atoms with Crippen molar-refractivity contribution in [3.8, 4) is 17.1 Å². The Morgan fingerprint density at radius 1 is 0.794 bits per heavy atom. The molecule has 9 heteroatoms. The van der Waals surface area contributed by atoms with Gasteiger partial charge in [-0.05, 0) is 44.0 Å². The van der Waals surface area contributed by atoms with Crippen LogP contribution >= 0.6 is 0 Å². The summed E-state index contributed by atoms with van der Waals surface area (Å²) in [6.45, 7) is 4.49. The smallest absolute Gasteiger partial charge is 0.312 e. The second kappa shape index (κ2) is 9.17. The number of amides is 3. The van der Waals surface area contributed by atoms with Crippen LogP contribution in [0.5, 0.6) is 0 Å². The van der Waals surface area contributed by atoms with E-state index in [1.54, 1.807) is 25.6 Å². The van der Waals surface area contributed by atoms with Gasteiger partial charge in [-0.2, -0.15) is 5.10 Å². The Morgan fingerprint density at radius 2 is 1.41 bits per heavy atom. The van der Waals surface area contributed by atoms with Crippen molar-refractivity contribution in [1.82, 2.24) is 24.5 Å². The minimum atomic E-state index is -0.474. The van der Waals surface area contributed by atoms with Gasteiger partial charge in [0.2, 0.25) is 0 Å². The molecule has 0 radical (unpaired) electrons. The molecule has 2 aliphatic heterocycles. The number of hydrogen-bond donors (Lipinski definition) is 0. The lowest BCUT2D eigenvalue weighted by molar-refractivity contribution is -0.152. The van der Waals surface area contributed by atoms with Crippen molar-refractivity contribution in [3.63, 3.8) is 0 Å². The lowest BCUT2D eigenvalue weighted by atomic mass is 10.1. The zero-order chi connectivity index (χ0) is 23.7. The zero-order valence-electron chi connectivity index (χ0n) is 19.1. The zero-order valence-corrected chi connectivity index (χ0v) is 19.1. The van der Waals surface area contributed by atoms with E-state index in [1.807, 2.05) is 49.4 Å². The summed E-state index contributed by atoms with van der Waals surface area (Å²) in [7, 11) is 0. The SMILES string of the molecule is Cc1ccc(-c2nn(-c3ccccc3)cc2C(=O)N2CCN(C(=O)C(=O)N3CCCC3)CC2)o1. The third kappa shape index (κ3) is 4.21. The van der Waals surface area contributed by atoms with Gasteiger partial charge in [0.05, 0.1) is 11.3 Å². The molecule has 0 unspecified atom stereocenters. The number of aromatic nitrogens is 2. The highest BCUT2D eigenvalue weighted by molar-refractivity contribution is 6.35. The maximum atomic E-state index is 13.5. The van der Waals surface area contributed by atoms with E-state index in [4.69, 9.17) is 4.42 Å². The maximum absolute atomic E-state index is 13.5. The van der Waals surface area contributed by atoms with Gasteiger partial charge in [0.15, 0.2) is 5.76 Å². The Morgan fingerprint density at radius 3 is 2.03 bits per heavy atom. The van der Waals surface area contributed by atoms with Gasteiger partial charge in [-0.15, -0.1) is 0 Å². The van der Waals surface area contributed by atoms with Gasteiger partial charge in [-0.25, -0.2) is 4.68 Å². The molecule has 9 nitrogen and oxygen atoms in total. The number of carbonyl (C=O) groups is 3. The Bertz CT molecular complexity index is 1200. The van der Waals surface area contributed by atoms with Crippen LogP contribution in [-0.2, 0) is 9.59 Å². The van der Waals surface area contributed by atoms with Gasteiger partial charge >= 0.3 is 11.8 Å². The number of nitrogens with zero attached hydrogens (tertiary/aromatic N) is 5. The second-order valence-corrected chi connectivity index (χ2v) is 8.67. The van der Waals surface area contributed by atoms with E-state index in [9.17, 15) is 14.4 Å². The summed E-state index contributed by atoms with van der Waals surface area (Å²) >= 11 is 0. The largest absolute Gasteiger partial charge is 0.460 e. The number of para-hydroxylation sites is 1. The molecule has 0 N–H and O–H groups in total. The molecule has 34 heavy (non-hydrogen) atoms. The molecule has 4 heterocycles. The maximum Gasteiger partial charge on any atom is 0.312 e. The van der Waals surface area contributed by atoms with Crippen molar-refractivity contribution in [1.29, 1.82) is 0 Å². The van der Waals surface area contributed by atoms with Crippen LogP contribution in [-0.4, -0.2) is 81.5 Å². The van der Waals surface area contributed by atoms with Crippen molar-refractivity contribution in [2.75, 3.05) is 39.3 Å². The highest BCUT2D eigenvalue weighted by atomic mass is 16.3. The summed E-state index contributed by atoms with van der Waals surface area (Å²) < 4.78 is 7.45. The Kier molecular flexibility index (Phi) is 5.91. The monoisotopic (exact) mass is 461 g/mol. The lowest BCUT2D eigenvalue weighted by Crippen LogP contribution is -2.54. The van der Waals surface area contributed by atoms with Crippen LogP contribution in [0.4, 0.5) is 0 Å². The van der Waals surface area contributed by atoms with Crippen LogP contribution in [0.3, 0.4) is 0 Å². The number of rotatable bonds is 3. The van der Waals surface area contributed by atoms with E-state index in [1.165, 1.54) is 0 Å². The predicted octanol–water partition coefficient (Wildman–Crippen LogP) is 2.35. The molecule has 3 amide bonds. The fraction of sp³-hybridized carbons (Fsp3) is 0.360. The molecule has 0 spiro atoms. The summed E-state index contributed by atoms with van der Waals surface area (Å²) in [4.78, 5) is 43.5. The van der Waals surface area contributed by atoms with Gasteiger partial charge in [-0.3, -0.25) is 14.4 Å². The molecule has 0 atom stereocenters. The molecule has 2 saturated heterocycles. The number of hydrogen-bond acceptors (Lipinski definition) is 5. The number of furan rings is 1. The molecular weight excluding hydrogens is 434 g/mol. The van der Waals surface area contributed by atoms with Crippen LogP contribution < -0.4 is 0 Å². The molecule has 3 aromatic rings. The molecule has 2 aromatic heterocycles. The van der Waals surface area contributed by atoms with E-state index < -0.39 is 11.8 Å². The predicted molar refractivity (Wildman–Crippen MR) is 124 cm³/mol. The first-order valence-electron chi connectivity index (χ1n) is 11.6. The van der Waals surface area contributed by atoms with Crippen LogP contribution in [0, 0.1) is 6.92 Å². The van der Waals surface area contributed by atoms with Crippen LogP contribution in [0.2, 0.25) is 0 Å². The number of carbonyl (C=O) groups excluding carboxylic acids is 3. The summed E-state index contributed by atoms with van der Waals surface area (Å²) in [6, 6.07) is 13.2. The van der Waals surface area contributed by atoms with Crippen molar-refractivity contribution >= 4 is 17.7 Å². The van der Waals surface area contributed by atoms with Crippen molar-refractivity contribution < 1.29 is 18.8 Å². The van der Waals surface area contributed by atoms with Gasteiger partial charge in [0, 0.05) is 45.5 Å². The summed E-state index contributed by atoms with van der Waals surface area (Å²) in [5.74, 6) is 0.178. The molecule has 2 fully saturated rings. The van der Waals surface area contributed by atoms with Crippen LogP contribution in [0.15, 0.2) is 53.1 Å². The first kappa shape index (κ1) is 21.9. The molecule has 0 aliphatic carbocycles. The minimum absolute atomic E-state index is 0.177. The van der Waals surface area contributed by atoms with E-state index in [2.05, 4.69) is 5.10 Å². The van der Waals surface area contributed by atoms with E-state index in [0.717, 1.165) is 24.3 Å². The molecule has 1 aromatic carbocycles. The Balaban J connectivity index is 1.34. The first-order valence-corrected chi connectivity index (χ1v) is 11.6. The highest BCUT2D eigenvalue weighted by Gasteiger charge is 2.33. The van der Waals surface area contributed by atoms with Gasteiger partial charge < -0.3 is 19.1 Å². The van der Waals surface area contributed by atoms with Crippen LogP contribution in [0.1, 0.15) is 29.0 Å². The molecular formula is C25H27N5O4. The first-order chi connectivity index (χ1) is 16.5. The average Bonchev–Trinajstić information content (AvgIpc) is 3.64. The highest BCUT2D eigenvalue weighted by Crippen LogP contribution is 2.27. The summed E-state index contributed by atoms with van der Waals surface area (Å²) in [5.41, 5.74) is 1.75. The van der Waals surface area contributed by atoms with Crippen molar-refractivity contribution in [2.45, 2.75) is 19.8 Å². The standard InChI is InChI=1S/C25H27N5O4/c1-18-9-10-21(34-18)22-20(17-30(26-22)19-7-3-2-4-8-19)23(31)28-13-15-29(16-14-28)25(33)24(32)27-11-5-6-12-27/h2-4,7-10,17H,5-6,11-16H2,1H3. The Hall–Kier alpha value is -3.88. The lowest BCUT2D eigenvalue weighted by Gasteiger charge is -2.34. The molecule has 176 valence electrons. The second-order valence-electron chi connectivity index (χ2n) is 8.67. The van der Waals surface area contributed by atoms with Gasteiger partial charge in [-0.1, -0.05) is 18.2 Å². The third-order valence-electron chi connectivity index (χ3n) is 6.37. The Labute approximate surface area is 197 Å². The van der Waals surface area contributed by atoms with Gasteiger partial charge in [0.1, 0.15) is 11.5 Å². The number of aryl methyl sites for hydroxylation is 1. The number of benzene rings is 1. The average molecular weight is 462 g/mol. The van der Waals surface area contributed by atoms with E-state index in [-0.39, 0.29) is 5.91 Å². The quantitative estimate of drug-likeness (QED) is 0.559.